The van der Waals surface area contributed by atoms with E-state index in [1.54, 1.807) is 35.6 Å². The Balaban J connectivity index is 1.59. The van der Waals surface area contributed by atoms with Crippen LogP contribution in [0.2, 0.25) is 10.0 Å². The molecule has 1 N–H and O–H groups in total. The van der Waals surface area contributed by atoms with Crippen LogP contribution < -0.4 is 5.32 Å². The number of fused-ring (bicyclic) bond motifs is 3. The van der Waals surface area contributed by atoms with Crippen LogP contribution in [0.1, 0.15) is 47.0 Å². The molecule has 1 atom stereocenters. The predicted molar refractivity (Wildman–Crippen MR) is 138 cm³/mol. The second-order valence-electron chi connectivity index (χ2n) is 7.99. The van der Waals surface area contributed by atoms with Crippen molar-refractivity contribution in [2.24, 2.45) is 4.99 Å². The summed E-state index contributed by atoms with van der Waals surface area (Å²) >= 11 is 13.8. The summed E-state index contributed by atoms with van der Waals surface area (Å²) in [6, 6.07) is 16.3. The number of aryl methyl sites for hydroxylation is 2. The van der Waals surface area contributed by atoms with Crippen molar-refractivity contribution in [3.63, 3.8) is 0 Å². The van der Waals surface area contributed by atoms with Gasteiger partial charge in [-0.25, -0.2) is 0 Å². The number of amides is 1. The van der Waals surface area contributed by atoms with Gasteiger partial charge in [-0.1, -0.05) is 42.3 Å². The van der Waals surface area contributed by atoms with Gasteiger partial charge in [0.15, 0.2) is 5.82 Å². The molecule has 0 saturated carbocycles. The second-order valence-corrected chi connectivity index (χ2v) is 9.97. The van der Waals surface area contributed by atoms with E-state index in [4.69, 9.17) is 28.2 Å². The lowest BCUT2D eigenvalue weighted by atomic mass is 10.0. The average molecular weight is 510 g/mol. The molecule has 172 valence electrons. The maximum absolute atomic E-state index is 13.0. The largest absolute Gasteiger partial charge is 0.326 e. The quantitative estimate of drug-likeness (QED) is 0.337. The third-order valence-electron chi connectivity index (χ3n) is 5.63. The van der Waals surface area contributed by atoms with Gasteiger partial charge in [-0.05, 0) is 55.8 Å². The molecule has 1 aliphatic heterocycles. The third kappa shape index (κ3) is 4.39. The number of thiophene rings is 1. The topological polar surface area (TPSA) is 72.2 Å². The Labute approximate surface area is 211 Å². The van der Waals surface area contributed by atoms with Crippen molar-refractivity contribution < 1.29 is 4.79 Å². The molecule has 0 spiro atoms. The second kappa shape index (κ2) is 9.33. The first-order valence-electron chi connectivity index (χ1n) is 10.9. The molecule has 0 fully saturated rings. The number of anilines is 1. The zero-order valence-corrected chi connectivity index (χ0v) is 20.9. The summed E-state index contributed by atoms with van der Waals surface area (Å²) in [6.07, 6.45) is 1.03. The molecule has 3 heterocycles. The highest BCUT2D eigenvalue weighted by Crippen LogP contribution is 2.37. The first-order chi connectivity index (χ1) is 16.4. The van der Waals surface area contributed by atoms with E-state index < -0.39 is 6.04 Å². The number of hydrogen-bond acceptors (Lipinski definition) is 5. The summed E-state index contributed by atoms with van der Waals surface area (Å²) in [5.41, 5.74) is 3.44. The number of carbonyl (C=O) groups excluding carboxylic acids is 1. The summed E-state index contributed by atoms with van der Waals surface area (Å²) in [7, 11) is 0. The third-order valence-corrected chi connectivity index (χ3v) is 7.40. The fourth-order valence-electron chi connectivity index (χ4n) is 3.97. The lowest BCUT2D eigenvalue weighted by Gasteiger charge is -2.13. The number of nitrogens with one attached hydrogen (secondary N) is 1. The first-order valence-corrected chi connectivity index (χ1v) is 12.4. The van der Waals surface area contributed by atoms with Gasteiger partial charge >= 0.3 is 0 Å². The van der Waals surface area contributed by atoms with Crippen LogP contribution in [0.15, 0.2) is 59.6 Å². The van der Waals surface area contributed by atoms with Crippen LogP contribution in [0.5, 0.6) is 0 Å². The number of halogens is 2. The number of carbonyl (C=O) groups is 1. The van der Waals surface area contributed by atoms with Crippen LogP contribution in [0, 0.1) is 6.92 Å². The van der Waals surface area contributed by atoms with Crippen molar-refractivity contribution in [1.29, 1.82) is 0 Å². The molecule has 2 aromatic heterocycles. The average Bonchev–Trinajstić information content (AvgIpc) is 3.39. The van der Waals surface area contributed by atoms with Gasteiger partial charge in [0.25, 0.3) is 0 Å². The van der Waals surface area contributed by atoms with E-state index in [0.717, 1.165) is 34.1 Å². The van der Waals surface area contributed by atoms with Crippen LogP contribution in [0.4, 0.5) is 5.69 Å². The van der Waals surface area contributed by atoms with Gasteiger partial charge in [0, 0.05) is 31.7 Å². The molecular formula is C25H21Cl2N5OS. The number of rotatable bonds is 5. The molecule has 34 heavy (non-hydrogen) atoms. The van der Waals surface area contributed by atoms with Gasteiger partial charge in [-0.15, -0.1) is 21.5 Å². The Kier molecular flexibility index (Phi) is 6.25. The molecule has 0 radical (unpaired) electrons. The highest BCUT2D eigenvalue weighted by Gasteiger charge is 2.31. The standard InChI is InChI=1S/C25H21Cl2N5OS/c1-3-19-12-20-23(15-4-6-16(26)7-5-15)29-21(24-31-30-14(2)32(24)25(20)34-19)13-22(33)28-18-10-8-17(27)9-11-18/h4-12,21H,3,13H2,1-2H3,(H,28,33). The minimum absolute atomic E-state index is 0.118. The van der Waals surface area contributed by atoms with Gasteiger partial charge in [-0.3, -0.25) is 14.4 Å². The molecule has 5 rings (SSSR count). The number of aliphatic imine (C=N–C) groups is 1. The molecule has 6 nitrogen and oxygen atoms in total. The van der Waals surface area contributed by atoms with Crippen molar-refractivity contribution in [2.45, 2.75) is 32.7 Å². The minimum atomic E-state index is -0.510. The Morgan fingerprint density at radius 3 is 2.41 bits per heavy atom. The van der Waals surface area contributed by atoms with Crippen LogP contribution in [-0.2, 0) is 11.2 Å². The van der Waals surface area contributed by atoms with Gasteiger partial charge < -0.3 is 5.32 Å². The lowest BCUT2D eigenvalue weighted by molar-refractivity contribution is -0.116. The smallest absolute Gasteiger partial charge is 0.227 e. The van der Waals surface area contributed by atoms with Gasteiger partial charge in [0.2, 0.25) is 5.91 Å². The Hall–Kier alpha value is -3.00. The van der Waals surface area contributed by atoms with E-state index in [2.05, 4.69) is 28.5 Å². The molecule has 9 heteroatoms. The summed E-state index contributed by atoms with van der Waals surface area (Å²) in [5, 5.41) is 14.0. The van der Waals surface area contributed by atoms with Crippen molar-refractivity contribution in [3.05, 3.63) is 92.3 Å². The van der Waals surface area contributed by atoms with E-state index in [-0.39, 0.29) is 12.3 Å². The van der Waals surface area contributed by atoms with E-state index >= 15 is 0 Å². The van der Waals surface area contributed by atoms with Crippen molar-refractivity contribution in [2.75, 3.05) is 5.32 Å². The molecule has 0 aliphatic carbocycles. The number of aromatic nitrogens is 3. The van der Waals surface area contributed by atoms with Crippen LogP contribution >= 0.6 is 34.5 Å². The fourth-order valence-corrected chi connectivity index (χ4v) is 5.37. The lowest BCUT2D eigenvalue weighted by Crippen LogP contribution is -2.17. The maximum atomic E-state index is 13.0. The van der Waals surface area contributed by atoms with E-state index in [1.165, 1.54) is 4.88 Å². The SMILES string of the molecule is CCc1cc2c(s1)-n1c(C)nnc1C(CC(=O)Nc1ccc(Cl)cc1)N=C2c1ccc(Cl)cc1. The molecule has 0 bridgehead atoms. The molecule has 1 amide bonds. The van der Waals surface area contributed by atoms with E-state index in [9.17, 15) is 4.79 Å². The number of nitrogens with zero attached hydrogens (tertiary/aromatic N) is 4. The van der Waals surface area contributed by atoms with Gasteiger partial charge in [0.1, 0.15) is 16.9 Å². The number of hydrogen-bond donors (Lipinski definition) is 1. The summed E-state index contributed by atoms with van der Waals surface area (Å²) in [5.74, 6) is 1.24. The predicted octanol–water partition coefficient (Wildman–Crippen LogP) is 6.43. The summed E-state index contributed by atoms with van der Waals surface area (Å²) in [4.78, 5) is 19.3. The zero-order valence-electron chi connectivity index (χ0n) is 18.5. The Morgan fingerprint density at radius 1 is 1.06 bits per heavy atom. The van der Waals surface area contributed by atoms with E-state index in [0.29, 0.717) is 21.6 Å². The summed E-state index contributed by atoms with van der Waals surface area (Å²) in [6.45, 7) is 4.05. The van der Waals surface area contributed by atoms with Crippen LogP contribution in [-0.4, -0.2) is 26.4 Å². The molecule has 4 aromatic rings. The van der Waals surface area contributed by atoms with Crippen LogP contribution in [0.25, 0.3) is 5.00 Å². The van der Waals surface area contributed by atoms with Crippen molar-refractivity contribution in [3.8, 4) is 5.00 Å². The highest BCUT2D eigenvalue weighted by atomic mass is 35.5. The molecule has 0 saturated heterocycles. The molecule has 1 unspecified atom stereocenters. The van der Waals surface area contributed by atoms with Gasteiger partial charge in [0.05, 0.1) is 12.1 Å². The fraction of sp³-hybridized carbons (Fsp3) is 0.200. The van der Waals surface area contributed by atoms with E-state index in [1.807, 2.05) is 35.8 Å². The molecule has 2 aromatic carbocycles. The minimum Gasteiger partial charge on any atom is -0.326 e. The van der Waals surface area contributed by atoms with Crippen molar-refractivity contribution >= 4 is 51.8 Å². The normalized spacial score (nSPS) is 14.7. The monoisotopic (exact) mass is 509 g/mol. The summed E-state index contributed by atoms with van der Waals surface area (Å²) < 4.78 is 2.03. The van der Waals surface area contributed by atoms with Gasteiger partial charge in [-0.2, -0.15) is 0 Å². The molecular weight excluding hydrogens is 489 g/mol. The highest BCUT2D eigenvalue weighted by molar-refractivity contribution is 7.15. The Bertz CT molecular complexity index is 1390. The van der Waals surface area contributed by atoms with Crippen molar-refractivity contribution in [1.82, 2.24) is 14.8 Å². The van der Waals surface area contributed by atoms with Crippen LogP contribution in [0.3, 0.4) is 0 Å². The maximum Gasteiger partial charge on any atom is 0.227 e. The number of benzene rings is 2. The Morgan fingerprint density at radius 2 is 1.74 bits per heavy atom. The first kappa shape index (κ1) is 22.8. The zero-order chi connectivity index (χ0) is 23.8. The molecule has 1 aliphatic rings.